The van der Waals surface area contributed by atoms with E-state index in [2.05, 4.69) is 10.6 Å². The highest BCUT2D eigenvalue weighted by Crippen LogP contribution is 2.28. The Kier molecular flexibility index (Phi) is 6.00. The van der Waals surface area contributed by atoms with Crippen molar-refractivity contribution >= 4 is 17.5 Å². The highest BCUT2D eigenvalue weighted by atomic mass is 16.2. The van der Waals surface area contributed by atoms with Gasteiger partial charge in [-0.05, 0) is 17.2 Å². The van der Waals surface area contributed by atoms with Crippen molar-refractivity contribution in [2.75, 3.05) is 5.32 Å². The third-order valence-electron chi connectivity index (χ3n) is 4.25. The standard InChI is InChI=1S/C23H22N2O2/c1-17(26)24-22(19-12-6-3-7-13-19)16-23(27)25-21-15-9-8-14-20(21)18-10-4-2-5-11-18/h2-15,22H,16H2,1H3,(H,24,26)(H,25,27). The summed E-state index contributed by atoms with van der Waals surface area (Å²) >= 11 is 0. The van der Waals surface area contributed by atoms with Crippen LogP contribution in [0.5, 0.6) is 0 Å². The molecule has 136 valence electrons. The Balaban J connectivity index is 1.78. The van der Waals surface area contributed by atoms with Crippen LogP contribution >= 0.6 is 0 Å². The summed E-state index contributed by atoms with van der Waals surface area (Å²) in [6, 6.07) is 26.8. The molecule has 2 amide bonds. The molecule has 0 heterocycles. The second-order valence-corrected chi connectivity index (χ2v) is 6.33. The van der Waals surface area contributed by atoms with Crippen molar-refractivity contribution in [3.05, 3.63) is 90.5 Å². The second kappa shape index (κ2) is 8.81. The van der Waals surface area contributed by atoms with Gasteiger partial charge in [0.25, 0.3) is 0 Å². The van der Waals surface area contributed by atoms with Gasteiger partial charge in [-0.2, -0.15) is 0 Å². The average molecular weight is 358 g/mol. The number of benzene rings is 3. The number of hydrogen-bond donors (Lipinski definition) is 2. The fraction of sp³-hybridized carbons (Fsp3) is 0.130. The number of para-hydroxylation sites is 1. The molecule has 0 aromatic heterocycles. The molecule has 3 aromatic carbocycles. The minimum atomic E-state index is -0.368. The minimum Gasteiger partial charge on any atom is -0.349 e. The van der Waals surface area contributed by atoms with Gasteiger partial charge in [0.1, 0.15) is 0 Å². The van der Waals surface area contributed by atoms with Crippen molar-refractivity contribution in [1.29, 1.82) is 0 Å². The van der Waals surface area contributed by atoms with Crippen LogP contribution in [0.3, 0.4) is 0 Å². The van der Waals surface area contributed by atoms with Crippen LogP contribution in [0.15, 0.2) is 84.9 Å². The van der Waals surface area contributed by atoms with Crippen LogP contribution in [0.2, 0.25) is 0 Å². The molecule has 27 heavy (non-hydrogen) atoms. The summed E-state index contributed by atoms with van der Waals surface area (Å²) in [6.45, 7) is 1.46. The van der Waals surface area contributed by atoms with Crippen LogP contribution in [0.1, 0.15) is 24.9 Å². The first kappa shape index (κ1) is 18.4. The lowest BCUT2D eigenvalue weighted by Crippen LogP contribution is -2.29. The number of hydrogen-bond acceptors (Lipinski definition) is 2. The van der Waals surface area contributed by atoms with Gasteiger partial charge < -0.3 is 10.6 Å². The molecule has 0 radical (unpaired) electrons. The summed E-state index contributed by atoms with van der Waals surface area (Å²) in [5, 5.41) is 5.85. The van der Waals surface area contributed by atoms with Crippen LogP contribution in [0, 0.1) is 0 Å². The largest absolute Gasteiger partial charge is 0.349 e. The third-order valence-corrected chi connectivity index (χ3v) is 4.25. The summed E-state index contributed by atoms with van der Waals surface area (Å²) in [7, 11) is 0. The highest BCUT2D eigenvalue weighted by Gasteiger charge is 2.18. The van der Waals surface area contributed by atoms with E-state index in [9.17, 15) is 9.59 Å². The zero-order chi connectivity index (χ0) is 19.1. The van der Waals surface area contributed by atoms with Gasteiger partial charge in [-0.15, -0.1) is 0 Å². The van der Waals surface area contributed by atoms with Crippen molar-refractivity contribution in [3.63, 3.8) is 0 Å². The molecule has 1 unspecified atom stereocenters. The van der Waals surface area contributed by atoms with Crippen molar-refractivity contribution in [2.45, 2.75) is 19.4 Å². The van der Waals surface area contributed by atoms with Gasteiger partial charge in [0.05, 0.1) is 12.5 Å². The first-order valence-corrected chi connectivity index (χ1v) is 8.90. The summed E-state index contributed by atoms with van der Waals surface area (Å²) < 4.78 is 0. The van der Waals surface area contributed by atoms with Crippen molar-refractivity contribution < 1.29 is 9.59 Å². The lowest BCUT2D eigenvalue weighted by atomic mass is 10.0. The van der Waals surface area contributed by atoms with E-state index in [-0.39, 0.29) is 24.3 Å². The first-order chi connectivity index (χ1) is 13.1. The van der Waals surface area contributed by atoms with Gasteiger partial charge in [0.15, 0.2) is 0 Å². The monoisotopic (exact) mass is 358 g/mol. The fourth-order valence-corrected chi connectivity index (χ4v) is 3.03. The molecular weight excluding hydrogens is 336 g/mol. The maximum Gasteiger partial charge on any atom is 0.226 e. The SMILES string of the molecule is CC(=O)NC(CC(=O)Nc1ccccc1-c1ccccc1)c1ccccc1. The lowest BCUT2D eigenvalue weighted by Gasteiger charge is -2.19. The van der Waals surface area contributed by atoms with Crippen LogP contribution in [0.4, 0.5) is 5.69 Å². The van der Waals surface area contributed by atoms with Crippen LogP contribution in [-0.2, 0) is 9.59 Å². The number of nitrogens with one attached hydrogen (secondary N) is 2. The predicted octanol–water partition coefficient (Wildman–Crippen LogP) is 4.56. The summed E-state index contributed by atoms with van der Waals surface area (Å²) in [4.78, 5) is 24.3. The Morgan fingerprint density at radius 2 is 1.41 bits per heavy atom. The van der Waals surface area contributed by atoms with Gasteiger partial charge in [0, 0.05) is 18.2 Å². The zero-order valence-corrected chi connectivity index (χ0v) is 15.2. The van der Waals surface area contributed by atoms with Gasteiger partial charge in [-0.25, -0.2) is 0 Å². The van der Waals surface area contributed by atoms with E-state index in [1.807, 2.05) is 84.9 Å². The topological polar surface area (TPSA) is 58.2 Å². The molecular formula is C23H22N2O2. The first-order valence-electron chi connectivity index (χ1n) is 8.90. The normalized spacial score (nSPS) is 11.4. The molecule has 3 rings (SSSR count). The average Bonchev–Trinajstić information content (AvgIpc) is 2.69. The molecule has 0 saturated heterocycles. The molecule has 0 spiro atoms. The molecule has 3 aromatic rings. The Bertz CT molecular complexity index is 908. The van der Waals surface area contributed by atoms with E-state index in [0.717, 1.165) is 22.4 Å². The number of amides is 2. The molecule has 4 heteroatoms. The Hall–Kier alpha value is -3.40. The smallest absolute Gasteiger partial charge is 0.226 e. The van der Waals surface area contributed by atoms with Crippen LogP contribution < -0.4 is 10.6 Å². The number of carbonyl (C=O) groups excluding carboxylic acids is 2. The summed E-state index contributed by atoms with van der Waals surface area (Å²) in [5.74, 6) is -0.317. The molecule has 0 aliphatic rings. The van der Waals surface area contributed by atoms with Gasteiger partial charge in [-0.1, -0.05) is 78.9 Å². The third kappa shape index (κ3) is 5.05. The number of rotatable bonds is 6. The number of carbonyl (C=O) groups is 2. The maximum absolute atomic E-state index is 12.7. The molecule has 0 aliphatic carbocycles. The zero-order valence-electron chi connectivity index (χ0n) is 15.2. The van der Waals surface area contributed by atoms with Crippen molar-refractivity contribution in [1.82, 2.24) is 5.32 Å². The second-order valence-electron chi connectivity index (χ2n) is 6.33. The van der Waals surface area contributed by atoms with Crippen molar-refractivity contribution in [3.8, 4) is 11.1 Å². The van der Waals surface area contributed by atoms with Gasteiger partial charge >= 0.3 is 0 Å². The summed E-state index contributed by atoms with van der Waals surface area (Å²) in [5.41, 5.74) is 3.65. The van der Waals surface area contributed by atoms with Crippen LogP contribution in [0.25, 0.3) is 11.1 Å². The molecule has 4 nitrogen and oxygen atoms in total. The Morgan fingerprint density at radius 1 is 0.815 bits per heavy atom. The van der Waals surface area contributed by atoms with E-state index in [4.69, 9.17) is 0 Å². The lowest BCUT2D eigenvalue weighted by molar-refractivity contribution is -0.120. The van der Waals surface area contributed by atoms with E-state index in [1.54, 1.807) is 0 Å². The Morgan fingerprint density at radius 3 is 2.07 bits per heavy atom. The Labute approximate surface area is 159 Å². The molecule has 1 atom stereocenters. The maximum atomic E-state index is 12.7. The van der Waals surface area contributed by atoms with Crippen LogP contribution in [-0.4, -0.2) is 11.8 Å². The minimum absolute atomic E-state index is 0.152. The van der Waals surface area contributed by atoms with Crippen molar-refractivity contribution in [2.24, 2.45) is 0 Å². The molecule has 0 aliphatic heterocycles. The highest BCUT2D eigenvalue weighted by molar-refractivity contribution is 5.96. The fourth-order valence-electron chi connectivity index (χ4n) is 3.03. The molecule has 0 bridgehead atoms. The molecule has 0 saturated carbocycles. The van der Waals surface area contributed by atoms with E-state index < -0.39 is 0 Å². The van der Waals surface area contributed by atoms with E-state index in [1.165, 1.54) is 6.92 Å². The van der Waals surface area contributed by atoms with Gasteiger partial charge in [0.2, 0.25) is 11.8 Å². The quantitative estimate of drug-likeness (QED) is 0.679. The van der Waals surface area contributed by atoms with E-state index in [0.29, 0.717) is 0 Å². The number of anilines is 1. The summed E-state index contributed by atoms with van der Waals surface area (Å²) in [6.07, 6.45) is 0.159. The molecule has 0 fully saturated rings. The molecule has 2 N–H and O–H groups in total. The van der Waals surface area contributed by atoms with Gasteiger partial charge in [-0.3, -0.25) is 9.59 Å². The predicted molar refractivity (Wildman–Crippen MR) is 108 cm³/mol. The van der Waals surface area contributed by atoms with E-state index >= 15 is 0 Å².